The number of likely N-dealkylation sites (tertiary alicyclic amines) is 2. The van der Waals surface area contributed by atoms with Crippen LogP contribution in [0.1, 0.15) is 66.9 Å². The maximum absolute atomic E-state index is 12.8. The van der Waals surface area contributed by atoms with Gasteiger partial charge in [-0.25, -0.2) is 0 Å². The SMILES string of the molecule is O=C(c1ccncc1)N1CCC(N2CC3(CCCCC3)C2c2ccncc2)CC1. The Morgan fingerprint density at radius 3 is 2.17 bits per heavy atom. The van der Waals surface area contributed by atoms with Crippen molar-refractivity contribution in [1.82, 2.24) is 19.8 Å². The molecule has 29 heavy (non-hydrogen) atoms. The van der Waals surface area contributed by atoms with Crippen LogP contribution in [0.5, 0.6) is 0 Å². The van der Waals surface area contributed by atoms with Crippen LogP contribution in [-0.4, -0.2) is 51.4 Å². The molecule has 2 aromatic heterocycles. The van der Waals surface area contributed by atoms with Crippen LogP contribution in [0.4, 0.5) is 0 Å². The number of carbonyl (C=O) groups is 1. The number of hydrogen-bond donors (Lipinski definition) is 0. The summed E-state index contributed by atoms with van der Waals surface area (Å²) in [5, 5.41) is 0. The molecular formula is C24H30N4O. The molecule has 0 N–H and O–H groups in total. The van der Waals surface area contributed by atoms with Gasteiger partial charge >= 0.3 is 0 Å². The normalized spacial score (nSPS) is 25.0. The van der Waals surface area contributed by atoms with E-state index in [1.54, 1.807) is 12.4 Å². The van der Waals surface area contributed by atoms with Gasteiger partial charge in [0.05, 0.1) is 0 Å². The van der Waals surface area contributed by atoms with E-state index in [9.17, 15) is 4.79 Å². The second kappa shape index (κ2) is 7.86. The van der Waals surface area contributed by atoms with Crippen LogP contribution in [0, 0.1) is 5.41 Å². The number of piperidine rings is 1. The van der Waals surface area contributed by atoms with Crippen molar-refractivity contribution >= 4 is 5.91 Å². The summed E-state index contributed by atoms with van der Waals surface area (Å²) >= 11 is 0. The summed E-state index contributed by atoms with van der Waals surface area (Å²) in [6, 6.07) is 9.16. The van der Waals surface area contributed by atoms with Crippen molar-refractivity contribution in [2.45, 2.75) is 57.0 Å². The van der Waals surface area contributed by atoms with Crippen LogP contribution in [0.2, 0.25) is 0 Å². The first-order valence-corrected chi connectivity index (χ1v) is 11.1. The average Bonchev–Trinajstić information content (AvgIpc) is 2.79. The predicted octanol–water partition coefficient (Wildman–Crippen LogP) is 4.09. The third-order valence-electron chi connectivity index (χ3n) is 7.43. The third kappa shape index (κ3) is 3.46. The molecule has 1 aliphatic carbocycles. The Morgan fingerprint density at radius 1 is 0.897 bits per heavy atom. The van der Waals surface area contributed by atoms with Gasteiger partial charge in [-0.3, -0.25) is 19.7 Å². The number of rotatable bonds is 3. The molecule has 5 heteroatoms. The molecule has 5 rings (SSSR count). The molecule has 152 valence electrons. The number of amides is 1. The van der Waals surface area contributed by atoms with E-state index in [0.29, 0.717) is 17.5 Å². The second-order valence-electron chi connectivity index (χ2n) is 9.04. The van der Waals surface area contributed by atoms with Gasteiger partial charge in [0.15, 0.2) is 0 Å². The van der Waals surface area contributed by atoms with Gasteiger partial charge in [0.2, 0.25) is 0 Å². The smallest absolute Gasteiger partial charge is 0.253 e. The quantitative estimate of drug-likeness (QED) is 0.792. The molecule has 2 aromatic rings. The lowest BCUT2D eigenvalue weighted by Gasteiger charge is -2.63. The summed E-state index contributed by atoms with van der Waals surface area (Å²) in [6.07, 6.45) is 16.3. The van der Waals surface area contributed by atoms with Crippen molar-refractivity contribution in [3.05, 3.63) is 60.2 Å². The second-order valence-corrected chi connectivity index (χ2v) is 9.04. The Morgan fingerprint density at radius 2 is 1.52 bits per heavy atom. The number of pyridine rings is 2. The lowest BCUT2D eigenvalue weighted by molar-refractivity contribution is -0.132. The Kier molecular flexibility index (Phi) is 5.08. The Balaban J connectivity index is 1.28. The zero-order valence-corrected chi connectivity index (χ0v) is 17.0. The molecule has 1 saturated carbocycles. The van der Waals surface area contributed by atoms with Gasteiger partial charge in [-0.1, -0.05) is 19.3 Å². The van der Waals surface area contributed by atoms with E-state index in [2.05, 4.69) is 27.0 Å². The highest BCUT2D eigenvalue weighted by Gasteiger charge is 2.54. The Bertz CT molecular complexity index is 826. The van der Waals surface area contributed by atoms with Crippen molar-refractivity contribution in [2.75, 3.05) is 19.6 Å². The highest BCUT2D eigenvalue weighted by atomic mass is 16.2. The predicted molar refractivity (Wildman–Crippen MR) is 112 cm³/mol. The fourth-order valence-electron chi connectivity index (χ4n) is 5.98. The molecule has 0 aromatic carbocycles. The Hall–Kier alpha value is -2.27. The summed E-state index contributed by atoms with van der Waals surface area (Å²) in [4.78, 5) is 25.8. The number of aromatic nitrogens is 2. The maximum Gasteiger partial charge on any atom is 0.253 e. The molecule has 0 bridgehead atoms. The first kappa shape index (κ1) is 18.7. The van der Waals surface area contributed by atoms with Gasteiger partial charge in [0, 0.05) is 67.5 Å². The minimum absolute atomic E-state index is 0.142. The molecule has 3 fully saturated rings. The molecule has 1 atom stereocenters. The minimum Gasteiger partial charge on any atom is -0.339 e. The van der Waals surface area contributed by atoms with Crippen molar-refractivity contribution in [2.24, 2.45) is 5.41 Å². The van der Waals surface area contributed by atoms with Crippen molar-refractivity contribution < 1.29 is 4.79 Å². The van der Waals surface area contributed by atoms with Crippen LogP contribution in [0.3, 0.4) is 0 Å². The molecule has 0 radical (unpaired) electrons. The Labute approximate surface area is 173 Å². The van der Waals surface area contributed by atoms with Gasteiger partial charge in [-0.15, -0.1) is 0 Å². The van der Waals surface area contributed by atoms with E-state index in [1.807, 2.05) is 29.4 Å². The molecule has 4 heterocycles. The van der Waals surface area contributed by atoms with Crippen molar-refractivity contribution in [3.8, 4) is 0 Å². The van der Waals surface area contributed by atoms with Crippen molar-refractivity contribution in [3.63, 3.8) is 0 Å². The summed E-state index contributed by atoms with van der Waals surface area (Å²) in [5.41, 5.74) is 2.64. The minimum atomic E-state index is 0.142. The molecule has 1 unspecified atom stereocenters. The molecule has 2 aliphatic heterocycles. The van der Waals surface area contributed by atoms with Crippen LogP contribution < -0.4 is 0 Å². The first-order valence-electron chi connectivity index (χ1n) is 11.1. The monoisotopic (exact) mass is 390 g/mol. The average molecular weight is 391 g/mol. The van der Waals surface area contributed by atoms with E-state index < -0.39 is 0 Å². The van der Waals surface area contributed by atoms with E-state index in [4.69, 9.17) is 0 Å². The zero-order chi connectivity index (χ0) is 19.7. The topological polar surface area (TPSA) is 49.3 Å². The summed E-state index contributed by atoms with van der Waals surface area (Å²) in [6.45, 7) is 2.92. The summed E-state index contributed by atoms with van der Waals surface area (Å²) in [5.74, 6) is 0.142. The van der Waals surface area contributed by atoms with E-state index in [0.717, 1.165) is 31.5 Å². The van der Waals surface area contributed by atoms with E-state index >= 15 is 0 Å². The van der Waals surface area contributed by atoms with Crippen LogP contribution >= 0.6 is 0 Å². The number of nitrogens with zero attached hydrogens (tertiary/aromatic N) is 4. The fraction of sp³-hybridized carbons (Fsp3) is 0.542. The van der Waals surface area contributed by atoms with Crippen LogP contribution in [-0.2, 0) is 0 Å². The highest BCUT2D eigenvalue weighted by Crippen LogP contribution is 2.58. The first-order chi connectivity index (χ1) is 14.3. The van der Waals surface area contributed by atoms with Gasteiger partial charge in [0.1, 0.15) is 0 Å². The molecule has 1 spiro atoms. The van der Waals surface area contributed by atoms with Crippen LogP contribution in [0.25, 0.3) is 0 Å². The van der Waals surface area contributed by atoms with Crippen LogP contribution in [0.15, 0.2) is 49.1 Å². The maximum atomic E-state index is 12.8. The van der Waals surface area contributed by atoms with Gasteiger partial charge < -0.3 is 4.90 Å². The van der Waals surface area contributed by atoms with Gasteiger partial charge in [-0.05, 0) is 55.5 Å². The summed E-state index contributed by atoms with van der Waals surface area (Å²) in [7, 11) is 0. The van der Waals surface area contributed by atoms with E-state index in [-0.39, 0.29) is 5.91 Å². The van der Waals surface area contributed by atoms with E-state index in [1.165, 1.54) is 44.2 Å². The molecular weight excluding hydrogens is 360 g/mol. The standard InChI is InChI=1S/C24H30N4O/c29-23(20-6-14-26-15-7-20)27-16-8-21(9-17-27)28-18-24(10-2-1-3-11-24)22(28)19-4-12-25-13-5-19/h4-7,12-15,21-22H,1-3,8-11,16-18H2. The third-order valence-corrected chi connectivity index (χ3v) is 7.43. The van der Waals surface area contributed by atoms with Gasteiger partial charge in [-0.2, -0.15) is 0 Å². The number of carbonyl (C=O) groups excluding carboxylic acids is 1. The molecule has 3 aliphatic rings. The molecule has 2 saturated heterocycles. The lowest BCUT2D eigenvalue weighted by atomic mass is 9.60. The number of hydrogen-bond acceptors (Lipinski definition) is 4. The highest BCUT2D eigenvalue weighted by molar-refractivity contribution is 5.94. The van der Waals surface area contributed by atoms with Crippen molar-refractivity contribution in [1.29, 1.82) is 0 Å². The van der Waals surface area contributed by atoms with Gasteiger partial charge in [0.25, 0.3) is 5.91 Å². The molecule has 5 nitrogen and oxygen atoms in total. The lowest BCUT2D eigenvalue weighted by Crippen LogP contribution is -2.63. The summed E-state index contributed by atoms with van der Waals surface area (Å²) < 4.78 is 0. The zero-order valence-electron chi connectivity index (χ0n) is 17.0. The largest absolute Gasteiger partial charge is 0.339 e. The fourth-order valence-corrected chi connectivity index (χ4v) is 5.98. The molecule has 1 amide bonds.